The molecule has 3 rings (SSSR count). The lowest BCUT2D eigenvalue weighted by atomic mass is 9.91. The molecule has 0 aliphatic carbocycles. The zero-order valence-electron chi connectivity index (χ0n) is 16.3. The van der Waals surface area contributed by atoms with Crippen molar-refractivity contribution in [2.75, 3.05) is 16.8 Å². The normalized spacial score (nSPS) is 12.9. The Kier molecular flexibility index (Phi) is 5.50. The number of rotatable bonds is 4. The van der Waals surface area contributed by atoms with Gasteiger partial charge in [0, 0.05) is 30.1 Å². The number of aryl methyl sites for hydroxylation is 1. The molecule has 1 aliphatic rings. The molecule has 0 atom stereocenters. The van der Waals surface area contributed by atoms with Gasteiger partial charge >= 0.3 is 5.97 Å². The summed E-state index contributed by atoms with van der Waals surface area (Å²) in [6, 6.07) is 7.66. The van der Waals surface area contributed by atoms with Gasteiger partial charge < -0.3 is 15.0 Å². The fraction of sp³-hybridized carbons (Fsp3) is 0.182. The van der Waals surface area contributed by atoms with Crippen LogP contribution in [-0.4, -0.2) is 18.5 Å². The second-order valence-corrected chi connectivity index (χ2v) is 6.56. The largest absolute Gasteiger partial charge is 0.462 e. The van der Waals surface area contributed by atoms with Crippen LogP contribution in [0.5, 0.6) is 0 Å². The van der Waals surface area contributed by atoms with Crippen molar-refractivity contribution in [3.63, 3.8) is 0 Å². The van der Waals surface area contributed by atoms with Crippen LogP contribution in [0.25, 0.3) is 5.57 Å². The first kappa shape index (κ1) is 20.3. The Morgan fingerprint density at radius 3 is 2.62 bits per heavy atom. The molecule has 0 spiro atoms. The summed E-state index contributed by atoms with van der Waals surface area (Å²) in [5.74, 6) is -2.29. The highest BCUT2D eigenvalue weighted by molar-refractivity contribution is 6.10. The minimum Gasteiger partial charge on any atom is -0.462 e. The average molecular weight is 398 g/mol. The quantitative estimate of drug-likeness (QED) is 0.749. The van der Waals surface area contributed by atoms with Crippen molar-refractivity contribution < 1.29 is 23.1 Å². The van der Waals surface area contributed by atoms with Crippen molar-refractivity contribution >= 4 is 34.5 Å². The Bertz CT molecular complexity index is 1060. The lowest BCUT2D eigenvalue weighted by Gasteiger charge is -2.31. The molecule has 7 heteroatoms. The Morgan fingerprint density at radius 2 is 1.97 bits per heavy atom. The first-order valence-corrected chi connectivity index (χ1v) is 8.98. The van der Waals surface area contributed by atoms with Gasteiger partial charge in [0.25, 0.3) is 0 Å². The number of benzene rings is 2. The van der Waals surface area contributed by atoms with Crippen LogP contribution in [0.15, 0.2) is 48.7 Å². The number of ether oxygens (including phenoxy) is 1. The summed E-state index contributed by atoms with van der Waals surface area (Å²) in [7, 11) is 0. The lowest BCUT2D eigenvalue weighted by Crippen LogP contribution is -2.23. The Hall–Kier alpha value is -3.48. The summed E-state index contributed by atoms with van der Waals surface area (Å²) in [5.41, 5.74) is 0.901. The van der Waals surface area contributed by atoms with Crippen molar-refractivity contribution in [1.29, 1.82) is 0 Å². The van der Waals surface area contributed by atoms with Crippen LogP contribution in [0.1, 0.15) is 25.0 Å². The number of nitrogens with zero attached hydrogens (tertiary/aromatic N) is 1. The molecule has 2 aromatic carbocycles. The second-order valence-electron chi connectivity index (χ2n) is 6.56. The SMILES string of the molecule is C=C1C(C(=O)OCC)=CN(c2cccc(NC(C)=O)c2)c2c(F)cc(C)c(F)c21. The topological polar surface area (TPSA) is 58.6 Å². The molecule has 0 saturated carbocycles. The van der Waals surface area contributed by atoms with E-state index in [1.807, 2.05) is 0 Å². The van der Waals surface area contributed by atoms with E-state index in [9.17, 15) is 18.4 Å². The smallest absolute Gasteiger partial charge is 0.340 e. The van der Waals surface area contributed by atoms with E-state index in [-0.39, 0.29) is 40.5 Å². The lowest BCUT2D eigenvalue weighted by molar-refractivity contribution is -0.138. The molecule has 150 valence electrons. The Balaban J connectivity index is 2.24. The van der Waals surface area contributed by atoms with Crippen LogP contribution >= 0.6 is 0 Å². The van der Waals surface area contributed by atoms with E-state index in [0.29, 0.717) is 11.4 Å². The highest BCUT2D eigenvalue weighted by Crippen LogP contribution is 2.44. The van der Waals surface area contributed by atoms with Crippen LogP contribution < -0.4 is 10.2 Å². The summed E-state index contributed by atoms with van der Waals surface area (Å²) in [6.45, 7) is 8.39. The molecule has 0 bridgehead atoms. The van der Waals surface area contributed by atoms with E-state index in [1.54, 1.807) is 31.2 Å². The number of hydrogen-bond donors (Lipinski definition) is 1. The third kappa shape index (κ3) is 3.76. The van der Waals surface area contributed by atoms with Crippen molar-refractivity contribution in [1.82, 2.24) is 0 Å². The van der Waals surface area contributed by atoms with Gasteiger partial charge in [-0.05, 0) is 49.2 Å². The zero-order chi connectivity index (χ0) is 21.3. The molecule has 0 radical (unpaired) electrons. The molecule has 1 amide bonds. The van der Waals surface area contributed by atoms with Crippen molar-refractivity contribution in [2.24, 2.45) is 0 Å². The predicted molar refractivity (Wildman–Crippen MR) is 108 cm³/mol. The minimum absolute atomic E-state index is 0.0215. The summed E-state index contributed by atoms with van der Waals surface area (Å²) in [4.78, 5) is 25.2. The third-order valence-corrected chi connectivity index (χ3v) is 4.44. The van der Waals surface area contributed by atoms with Gasteiger partial charge in [-0.15, -0.1) is 0 Å². The third-order valence-electron chi connectivity index (χ3n) is 4.44. The van der Waals surface area contributed by atoms with Crippen LogP contribution in [0, 0.1) is 18.6 Å². The molecule has 0 fully saturated rings. The van der Waals surface area contributed by atoms with Crippen LogP contribution in [0.2, 0.25) is 0 Å². The molecule has 0 aromatic heterocycles. The number of halogens is 2. The van der Waals surface area contributed by atoms with E-state index in [4.69, 9.17) is 4.74 Å². The van der Waals surface area contributed by atoms with Gasteiger partial charge in [0.05, 0.1) is 17.9 Å². The number of fused-ring (bicyclic) bond motifs is 1. The van der Waals surface area contributed by atoms with Crippen molar-refractivity contribution in [3.8, 4) is 0 Å². The highest BCUT2D eigenvalue weighted by atomic mass is 19.1. The molecule has 1 aliphatic heterocycles. The molecule has 1 heterocycles. The van der Waals surface area contributed by atoms with Crippen LogP contribution in [0.4, 0.5) is 25.8 Å². The maximum atomic E-state index is 15.0. The van der Waals surface area contributed by atoms with Gasteiger partial charge in [-0.3, -0.25) is 4.79 Å². The van der Waals surface area contributed by atoms with Gasteiger partial charge in [-0.1, -0.05) is 12.6 Å². The summed E-state index contributed by atoms with van der Waals surface area (Å²) < 4.78 is 35.0. The van der Waals surface area contributed by atoms with E-state index in [2.05, 4.69) is 11.9 Å². The standard InChI is InChI=1S/C22H20F2N2O3/c1-5-29-22(28)17-11-26(16-8-6-7-15(10-16)25-14(4)27)21-18(23)9-12(2)20(24)19(21)13(17)3/h6-11H,3,5H2,1-2,4H3,(H,25,27). The van der Waals surface area contributed by atoms with E-state index in [0.717, 1.165) is 6.07 Å². The average Bonchev–Trinajstić information content (AvgIpc) is 2.65. The number of amides is 1. The number of hydrogen-bond acceptors (Lipinski definition) is 4. The molecule has 29 heavy (non-hydrogen) atoms. The predicted octanol–water partition coefficient (Wildman–Crippen LogP) is 4.84. The Labute approximate surface area is 167 Å². The monoisotopic (exact) mass is 398 g/mol. The molecule has 0 unspecified atom stereocenters. The van der Waals surface area contributed by atoms with Gasteiger partial charge in [0.2, 0.25) is 5.91 Å². The maximum Gasteiger partial charge on any atom is 0.340 e. The van der Waals surface area contributed by atoms with Crippen molar-refractivity contribution in [3.05, 3.63) is 71.4 Å². The fourth-order valence-corrected chi connectivity index (χ4v) is 3.18. The van der Waals surface area contributed by atoms with Crippen molar-refractivity contribution in [2.45, 2.75) is 20.8 Å². The van der Waals surface area contributed by atoms with Gasteiger partial charge in [-0.2, -0.15) is 0 Å². The van der Waals surface area contributed by atoms with E-state index >= 15 is 0 Å². The highest BCUT2D eigenvalue weighted by Gasteiger charge is 2.32. The summed E-state index contributed by atoms with van der Waals surface area (Å²) in [5, 5.41) is 2.64. The molecular weight excluding hydrogens is 378 g/mol. The molecule has 1 N–H and O–H groups in total. The van der Waals surface area contributed by atoms with Gasteiger partial charge in [0.1, 0.15) is 11.6 Å². The first-order chi connectivity index (χ1) is 13.7. The Morgan fingerprint density at radius 1 is 1.24 bits per heavy atom. The number of carbonyl (C=O) groups excluding carboxylic acids is 2. The van der Waals surface area contributed by atoms with Crippen LogP contribution in [-0.2, 0) is 14.3 Å². The fourth-order valence-electron chi connectivity index (χ4n) is 3.18. The molecule has 0 saturated heterocycles. The molecular formula is C22H20F2N2O3. The number of carbonyl (C=O) groups is 2. The van der Waals surface area contributed by atoms with Gasteiger partial charge in [-0.25, -0.2) is 13.6 Å². The minimum atomic E-state index is -0.688. The van der Waals surface area contributed by atoms with Crippen LogP contribution in [0.3, 0.4) is 0 Å². The zero-order valence-corrected chi connectivity index (χ0v) is 16.3. The summed E-state index contributed by atoms with van der Waals surface area (Å²) >= 11 is 0. The van der Waals surface area contributed by atoms with E-state index < -0.39 is 17.6 Å². The number of esters is 1. The second kappa shape index (κ2) is 7.87. The summed E-state index contributed by atoms with van der Waals surface area (Å²) in [6.07, 6.45) is 1.37. The van der Waals surface area contributed by atoms with Gasteiger partial charge in [0.15, 0.2) is 0 Å². The first-order valence-electron chi connectivity index (χ1n) is 8.98. The van der Waals surface area contributed by atoms with E-state index in [1.165, 1.54) is 24.9 Å². The maximum absolute atomic E-state index is 15.0. The molecule has 5 nitrogen and oxygen atoms in total. The number of anilines is 3. The number of nitrogens with one attached hydrogen (secondary N) is 1. The molecule has 2 aromatic rings.